The molecule has 0 aromatic carbocycles. The molecule has 1 rings (SSSR count). The normalized spacial score (nSPS) is 24.0. The van der Waals surface area contributed by atoms with Gasteiger partial charge in [-0.3, -0.25) is 9.35 Å². The maximum absolute atomic E-state index is 3.07. The fourth-order valence-electron chi connectivity index (χ4n) is 4.95. The summed E-state index contributed by atoms with van der Waals surface area (Å²) in [6.07, 6.45) is 8.20. The van der Waals surface area contributed by atoms with E-state index in [0.29, 0.717) is 0 Å². The summed E-state index contributed by atoms with van der Waals surface area (Å²) in [6, 6.07) is 4.81. The minimum absolute atomic E-state index is 0.0286. The molecule has 1 aliphatic heterocycles. The summed E-state index contributed by atoms with van der Waals surface area (Å²) in [5.41, 5.74) is 0. The molecule has 1 aliphatic rings. The molecule has 0 saturated carbocycles. The first-order chi connectivity index (χ1) is 11.6. The minimum atomic E-state index is -1.24. The van der Waals surface area contributed by atoms with Crippen LogP contribution in [0, 0.1) is 0 Å². The van der Waals surface area contributed by atoms with Gasteiger partial charge >= 0.3 is 0 Å². The van der Waals surface area contributed by atoms with Crippen LogP contribution in [0.3, 0.4) is 0 Å². The summed E-state index contributed by atoms with van der Waals surface area (Å²) in [5.74, 6) is 0. The summed E-state index contributed by atoms with van der Waals surface area (Å²) in [6.45, 7) is 18.4. The van der Waals surface area contributed by atoms with Crippen molar-refractivity contribution < 1.29 is 0 Å². The molecule has 0 N–H and O–H groups in total. The molecule has 0 aromatic rings. The highest BCUT2D eigenvalue weighted by molar-refractivity contribution is 7.51. The van der Waals surface area contributed by atoms with Gasteiger partial charge in [0, 0.05) is 19.6 Å². The van der Waals surface area contributed by atoms with Gasteiger partial charge in [0.05, 0.1) is 7.83 Å². The van der Waals surface area contributed by atoms with Crippen molar-refractivity contribution in [3.63, 3.8) is 0 Å². The average molecular weight is 388 g/mol. The molecule has 1 unspecified atom stereocenters. The van der Waals surface area contributed by atoms with E-state index in [1.165, 1.54) is 58.2 Å². The first-order valence-electron chi connectivity index (χ1n) is 10.9. The van der Waals surface area contributed by atoms with E-state index in [9.17, 15) is 0 Å². The van der Waals surface area contributed by atoms with E-state index in [-0.39, 0.29) is 9.20 Å². The summed E-state index contributed by atoms with van der Waals surface area (Å²) < 4.78 is 5.99. The molecule has 0 radical (unpaired) electrons. The zero-order valence-corrected chi connectivity index (χ0v) is 21.2. The number of rotatable bonds is 12. The molecule has 0 aromatic heterocycles. The number of nitrogens with zero attached hydrogens (tertiary/aromatic N) is 3. The van der Waals surface area contributed by atoms with E-state index in [0.717, 1.165) is 0 Å². The second-order valence-electron chi connectivity index (χ2n) is 7.72. The lowest BCUT2D eigenvalue weighted by Gasteiger charge is -2.59. The molecule has 0 spiro atoms. The lowest BCUT2D eigenvalue weighted by Crippen LogP contribution is -2.80. The van der Waals surface area contributed by atoms with Crippen molar-refractivity contribution >= 4 is 24.8 Å². The van der Waals surface area contributed by atoms with E-state index >= 15 is 0 Å². The fourth-order valence-corrected chi connectivity index (χ4v) is 38.1. The van der Waals surface area contributed by atoms with Crippen molar-refractivity contribution in [3.05, 3.63) is 0 Å². The van der Waals surface area contributed by atoms with Crippen LogP contribution in [0.25, 0.3) is 0 Å². The first kappa shape index (κ1) is 22.6. The minimum Gasteiger partial charge on any atom is -0.261 e. The molecule has 24 heavy (non-hydrogen) atoms. The topological polar surface area (TPSA) is 9.72 Å². The smallest absolute Gasteiger partial charge is 0.133 e. The Morgan fingerprint density at radius 2 is 1.29 bits per heavy atom. The maximum atomic E-state index is 3.07. The Morgan fingerprint density at radius 1 is 0.708 bits per heavy atom. The van der Waals surface area contributed by atoms with E-state index < -0.39 is 15.6 Å². The number of hydrogen-bond donors (Lipinski definition) is 0. The Bertz CT molecular complexity index is 321. The lowest BCUT2D eigenvalue weighted by molar-refractivity contribution is -0.0945. The van der Waals surface area contributed by atoms with E-state index in [1.807, 2.05) is 0 Å². The second-order valence-corrected chi connectivity index (χ2v) is 26.7. The fraction of sp³-hybridized carbons (Fsp3) is 1.00. The Balaban J connectivity index is 3.27. The van der Waals surface area contributed by atoms with Gasteiger partial charge in [-0.2, -0.15) is 5.12 Å². The molecule has 1 fully saturated rings. The van der Waals surface area contributed by atoms with Gasteiger partial charge in [-0.05, 0) is 31.4 Å². The number of hydrazine groups is 2. The lowest BCUT2D eigenvalue weighted by atomic mass is 10.5. The van der Waals surface area contributed by atoms with Crippen LogP contribution in [0.2, 0.25) is 18.1 Å². The third-order valence-electron chi connectivity index (χ3n) is 5.65. The van der Waals surface area contributed by atoms with Crippen LogP contribution < -0.4 is 0 Å². The predicted octanol–water partition coefficient (Wildman–Crippen LogP) is 4.03. The van der Waals surface area contributed by atoms with Gasteiger partial charge in [0.15, 0.2) is 0 Å². The monoisotopic (exact) mass is 387 g/mol. The molecule has 0 amide bonds. The summed E-state index contributed by atoms with van der Waals surface area (Å²) in [7, 11) is -1.83. The van der Waals surface area contributed by atoms with E-state index in [1.54, 1.807) is 18.1 Å². The molecular formula is C18H45N3Si3. The van der Waals surface area contributed by atoms with Gasteiger partial charge in [-0.25, -0.2) is 0 Å². The van der Waals surface area contributed by atoms with Gasteiger partial charge in [0.2, 0.25) is 0 Å². The van der Waals surface area contributed by atoms with Crippen molar-refractivity contribution in [3.8, 4) is 0 Å². The molecule has 144 valence electrons. The Labute approximate surface area is 157 Å². The third kappa shape index (κ3) is 5.27. The van der Waals surface area contributed by atoms with Crippen LogP contribution in [-0.4, -0.2) is 58.9 Å². The standard InChI is InChI=1S/C18H45N3Si3/c1-7-13-19-20(14-8-2)22-23(16-10-4)24(17-11-5,18-12-6)21(19)15-9-3/h23H,7-18,22H2,1-6H3. The van der Waals surface area contributed by atoms with Crippen molar-refractivity contribution in [2.24, 2.45) is 0 Å². The van der Waals surface area contributed by atoms with E-state index in [2.05, 4.69) is 56.0 Å². The van der Waals surface area contributed by atoms with Crippen LogP contribution >= 0.6 is 0 Å². The molecule has 1 atom stereocenters. The molecule has 0 bridgehead atoms. The van der Waals surface area contributed by atoms with Gasteiger partial charge in [-0.1, -0.05) is 66.8 Å². The van der Waals surface area contributed by atoms with Gasteiger partial charge in [-0.15, -0.1) is 0 Å². The quantitative estimate of drug-likeness (QED) is 0.468. The highest BCUT2D eigenvalue weighted by Gasteiger charge is 2.52. The molecule has 0 aliphatic carbocycles. The molecule has 6 heteroatoms. The molecule has 1 saturated heterocycles. The summed E-state index contributed by atoms with van der Waals surface area (Å²) in [4.78, 5) is 0. The Kier molecular flexibility index (Phi) is 11.3. The summed E-state index contributed by atoms with van der Waals surface area (Å²) in [5, 5.41) is 2.83. The second kappa shape index (κ2) is 12.0. The van der Waals surface area contributed by atoms with Crippen molar-refractivity contribution in [2.45, 2.75) is 98.2 Å². The van der Waals surface area contributed by atoms with Crippen molar-refractivity contribution in [1.82, 2.24) is 14.5 Å². The average Bonchev–Trinajstić information content (AvgIpc) is 2.56. The highest BCUT2D eigenvalue weighted by Crippen LogP contribution is 2.35. The van der Waals surface area contributed by atoms with Gasteiger partial charge in [0.1, 0.15) is 17.0 Å². The molecule has 1 heterocycles. The molecular weight excluding hydrogens is 342 g/mol. The van der Waals surface area contributed by atoms with Crippen LogP contribution in [0.5, 0.6) is 0 Å². The van der Waals surface area contributed by atoms with Crippen LogP contribution in [0.1, 0.15) is 80.1 Å². The van der Waals surface area contributed by atoms with Gasteiger partial charge < -0.3 is 0 Å². The largest absolute Gasteiger partial charge is 0.261 e. The maximum Gasteiger partial charge on any atom is 0.133 e. The zero-order chi connectivity index (χ0) is 18.0. The van der Waals surface area contributed by atoms with E-state index in [4.69, 9.17) is 0 Å². The van der Waals surface area contributed by atoms with Crippen LogP contribution in [-0.2, 0) is 0 Å². The van der Waals surface area contributed by atoms with Gasteiger partial charge in [0.25, 0.3) is 0 Å². The van der Waals surface area contributed by atoms with Crippen LogP contribution in [0.4, 0.5) is 0 Å². The summed E-state index contributed by atoms with van der Waals surface area (Å²) >= 11 is 0. The number of hydrogen-bond acceptors (Lipinski definition) is 3. The Morgan fingerprint density at radius 3 is 1.75 bits per heavy atom. The third-order valence-corrected chi connectivity index (χ3v) is 34.5. The Hall–Kier alpha value is 0.531. The van der Waals surface area contributed by atoms with Crippen molar-refractivity contribution in [1.29, 1.82) is 0 Å². The predicted molar refractivity (Wildman–Crippen MR) is 118 cm³/mol. The van der Waals surface area contributed by atoms with Crippen LogP contribution in [0.15, 0.2) is 0 Å². The highest BCUT2D eigenvalue weighted by atomic mass is 29.6. The van der Waals surface area contributed by atoms with Crippen molar-refractivity contribution in [2.75, 3.05) is 19.6 Å². The molecule has 3 nitrogen and oxygen atoms in total. The SMILES string of the molecule is CCCN1[SiH2][SiH](CCC)[Si](CCC)(CCC)N(CCC)N1CCC. The first-order valence-corrected chi connectivity index (χ1v) is 19.8. The zero-order valence-electron chi connectivity index (χ0n) is 17.6.